The number of halogens is 3. The van der Waals surface area contributed by atoms with Crippen molar-refractivity contribution >= 4 is 5.97 Å². The highest BCUT2D eigenvalue weighted by molar-refractivity contribution is 5.87. The fourth-order valence-electron chi connectivity index (χ4n) is 0.930. The molecule has 7 heteroatoms. The Hall–Kier alpha value is -1.79. The van der Waals surface area contributed by atoms with E-state index in [9.17, 15) is 18.0 Å². The zero-order chi connectivity index (χ0) is 11.6. The first-order valence-electron chi connectivity index (χ1n) is 3.70. The fraction of sp³-hybridized carbons (Fsp3) is 0.250. The lowest BCUT2D eigenvalue weighted by atomic mass is 10.2. The summed E-state index contributed by atoms with van der Waals surface area (Å²) < 4.78 is 41.3. The van der Waals surface area contributed by atoms with Crippen LogP contribution in [-0.4, -0.2) is 23.2 Å². The molecule has 15 heavy (non-hydrogen) atoms. The van der Waals surface area contributed by atoms with Crippen molar-refractivity contribution in [2.24, 2.45) is 0 Å². The van der Waals surface area contributed by atoms with Gasteiger partial charge in [0.1, 0.15) is 0 Å². The minimum absolute atomic E-state index is 0.361. The second-order valence-corrected chi connectivity index (χ2v) is 2.58. The van der Waals surface area contributed by atoms with Gasteiger partial charge in [0, 0.05) is 6.20 Å². The summed E-state index contributed by atoms with van der Waals surface area (Å²) in [5.74, 6) is -1.98. The first-order chi connectivity index (χ1) is 6.86. The lowest BCUT2D eigenvalue weighted by molar-refractivity contribution is -0.142. The molecule has 1 rings (SSSR count). The Bertz CT molecular complexity index is 389. The number of hydrogen-bond donors (Lipinski definition) is 1. The minimum atomic E-state index is -4.66. The van der Waals surface area contributed by atoms with E-state index >= 15 is 0 Å². The summed E-state index contributed by atoms with van der Waals surface area (Å²) in [5.41, 5.74) is -1.60. The molecule has 0 spiro atoms. The number of methoxy groups -OCH3 is 1. The lowest BCUT2D eigenvalue weighted by Crippen LogP contribution is -2.11. The van der Waals surface area contributed by atoms with Crippen molar-refractivity contribution in [3.05, 3.63) is 23.5 Å². The Labute approximate surface area is 82.3 Å². The van der Waals surface area contributed by atoms with Crippen LogP contribution in [0.3, 0.4) is 0 Å². The van der Waals surface area contributed by atoms with Crippen molar-refractivity contribution in [3.63, 3.8) is 0 Å². The molecule has 1 N–H and O–H groups in total. The third kappa shape index (κ3) is 2.36. The van der Waals surface area contributed by atoms with Gasteiger partial charge in [-0.1, -0.05) is 0 Å². The van der Waals surface area contributed by atoms with Crippen LogP contribution in [0.25, 0.3) is 0 Å². The van der Waals surface area contributed by atoms with E-state index in [0.29, 0.717) is 6.20 Å². The van der Waals surface area contributed by atoms with Crippen molar-refractivity contribution in [1.82, 2.24) is 4.98 Å². The maximum Gasteiger partial charge on any atom is 0.437 e. The zero-order valence-electron chi connectivity index (χ0n) is 7.50. The highest BCUT2D eigenvalue weighted by atomic mass is 19.4. The number of alkyl halides is 3. The number of aromatic nitrogens is 1. The largest absolute Gasteiger partial charge is 0.494 e. The number of nitrogens with zero attached hydrogens (tertiary/aromatic N) is 1. The molecule has 0 radical (unpaired) electrons. The molecule has 0 fully saturated rings. The summed E-state index contributed by atoms with van der Waals surface area (Å²) in [7, 11) is 1.01. The van der Waals surface area contributed by atoms with Gasteiger partial charge in [-0.05, 0) is 6.07 Å². The predicted molar refractivity (Wildman–Crippen MR) is 42.8 cm³/mol. The molecule has 0 atom stereocenters. The van der Waals surface area contributed by atoms with E-state index in [1.165, 1.54) is 0 Å². The molecule has 0 saturated carbocycles. The molecule has 0 unspecified atom stereocenters. The van der Waals surface area contributed by atoms with E-state index in [1.54, 1.807) is 0 Å². The van der Waals surface area contributed by atoms with Crippen LogP contribution in [0, 0.1) is 0 Å². The van der Waals surface area contributed by atoms with Crippen LogP contribution in [0.15, 0.2) is 12.3 Å². The van der Waals surface area contributed by atoms with Gasteiger partial charge < -0.3 is 9.84 Å². The van der Waals surface area contributed by atoms with Crippen LogP contribution in [-0.2, 0) is 6.18 Å². The summed E-state index contributed by atoms with van der Waals surface area (Å²) in [6, 6.07) is 0.776. The molecule has 4 nitrogen and oxygen atoms in total. The SMILES string of the molecule is COc1cc(C(=O)O)cnc1C(F)(F)F. The number of carboxylic acid groups (broad SMARTS) is 1. The van der Waals surface area contributed by atoms with E-state index in [2.05, 4.69) is 9.72 Å². The maximum atomic E-state index is 12.3. The summed E-state index contributed by atoms with van der Waals surface area (Å²) >= 11 is 0. The van der Waals surface area contributed by atoms with Crippen molar-refractivity contribution in [1.29, 1.82) is 0 Å². The highest BCUT2D eigenvalue weighted by Crippen LogP contribution is 2.34. The number of rotatable bonds is 2. The van der Waals surface area contributed by atoms with Crippen LogP contribution in [0.4, 0.5) is 13.2 Å². The van der Waals surface area contributed by atoms with Gasteiger partial charge in [-0.25, -0.2) is 9.78 Å². The van der Waals surface area contributed by atoms with Crippen molar-refractivity contribution in [2.75, 3.05) is 7.11 Å². The summed E-state index contributed by atoms with van der Waals surface area (Å²) in [5, 5.41) is 8.52. The van der Waals surface area contributed by atoms with Crippen LogP contribution >= 0.6 is 0 Å². The van der Waals surface area contributed by atoms with Crippen molar-refractivity contribution < 1.29 is 27.8 Å². The second-order valence-electron chi connectivity index (χ2n) is 2.58. The first kappa shape index (κ1) is 11.3. The van der Waals surface area contributed by atoms with Gasteiger partial charge in [0.2, 0.25) is 0 Å². The van der Waals surface area contributed by atoms with E-state index in [4.69, 9.17) is 5.11 Å². The number of ether oxygens (including phenoxy) is 1. The average molecular weight is 221 g/mol. The van der Waals surface area contributed by atoms with Gasteiger partial charge in [-0.2, -0.15) is 13.2 Å². The highest BCUT2D eigenvalue weighted by Gasteiger charge is 2.36. The molecule has 1 heterocycles. The van der Waals surface area contributed by atoms with Crippen LogP contribution in [0.2, 0.25) is 0 Å². The standard InChI is InChI=1S/C8H6F3NO3/c1-15-5-2-4(7(13)14)3-12-6(5)8(9,10)11/h2-3H,1H3,(H,13,14). The molecule has 0 bridgehead atoms. The second kappa shape index (κ2) is 3.76. The van der Waals surface area contributed by atoms with Crippen LogP contribution < -0.4 is 4.74 Å². The number of carboxylic acids is 1. The van der Waals surface area contributed by atoms with Crippen LogP contribution in [0.1, 0.15) is 16.1 Å². The molecule has 1 aromatic rings. The summed E-state index contributed by atoms with van der Waals surface area (Å²) in [6.07, 6.45) is -4.03. The van der Waals surface area contributed by atoms with E-state index in [1.807, 2.05) is 0 Å². The quantitative estimate of drug-likeness (QED) is 0.827. The average Bonchev–Trinajstić information content (AvgIpc) is 2.15. The van der Waals surface area contributed by atoms with Gasteiger partial charge in [-0.15, -0.1) is 0 Å². The molecule has 0 aromatic carbocycles. The Morgan fingerprint density at radius 1 is 1.53 bits per heavy atom. The zero-order valence-corrected chi connectivity index (χ0v) is 7.50. The molecule has 0 aliphatic carbocycles. The first-order valence-corrected chi connectivity index (χ1v) is 3.70. The Morgan fingerprint density at radius 2 is 2.13 bits per heavy atom. The van der Waals surface area contributed by atoms with Crippen molar-refractivity contribution in [2.45, 2.75) is 6.18 Å². The molecule has 1 aromatic heterocycles. The van der Waals surface area contributed by atoms with Gasteiger partial charge >= 0.3 is 12.1 Å². The topological polar surface area (TPSA) is 59.4 Å². The maximum absolute atomic E-state index is 12.3. The normalized spacial score (nSPS) is 11.2. The molecular formula is C8H6F3NO3. The van der Waals surface area contributed by atoms with E-state index < -0.39 is 23.6 Å². The number of hydrogen-bond acceptors (Lipinski definition) is 3. The monoisotopic (exact) mass is 221 g/mol. The van der Waals surface area contributed by atoms with Crippen molar-refractivity contribution in [3.8, 4) is 5.75 Å². The minimum Gasteiger partial charge on any atom is -0.494 e. The molecule has 0 amide bonds. The van der Waals surface area contributed by atoms with Gasteiger partial charge in [-0.3, -0.25) is 0 Å². The fourth-order valence-corrected chi connectivity index (χ4v) is 0.930. The van der Waals surface area contributed by atoms with Gasteiger partial charge in [0.05, 0.1) is 12.7 Å². The third-order valence-electron chi connectivity index (χ3n) is 1.59. The van der Waals surface area contributed by atoms with Crippen LogP contribution in [0.5, 0.6) is 5.75 Å². The Kier molecular flexibility index (Phi) is 2.83. The number of carbonyl (C=O) groups is 1. The van der Waals surface area contributed by atoms with E-state index in [0.717, 1.165) is 13.2 Å². The number of pyridine rings is 1. The molecule has 0 aliphatic heterocycles. The van der Waals surface area contributed by atoms with Gasteiger partial charge in [0.25, 0.3) is 0 Å². The Balaban J connectivity index is 3.27. The predicted octanol–water partition coefficient (Wildman–Crippen LogP) is 1.81. The summed E-state index contributed by atoms with van der Waals surface area (Å²) in [4.78, 5) is 13.5. The molecular weight excluding hydrogens is 215 g/mol. The smallest absolute Gasteiger partial charge is 0.437 e. The summed E-state index contributed by atoms with van der Waals surface area (Å²) in [6.45, 7) is 0. The lowest BCUT2D eigenvalue weighted by Gasteiger charge is -2.10. The molecule has 0 saturated heterocycles. The molecule has 0 aliphatic rings. The molecule has 82 valence electrons. The van der Waals surface area contributed by atoms with Gasteiger partial charge in [0.15, 0.2) is 11.4 Å². The van der Waals surface area contributed by atoms with E-state index in [-0.39, 0.29) is 5.56 Å². The number of aromatic carboxylic acids is 1. The Morgan fingerprint density at radius 3 is 2.53 bits per heavy atom. The third-order valence-corrected chi connectivity index (χ3v) is 1.59.